The summed E-state index contributed by atoms with van der Waals surface area (Å²) in [5.41, 5.74) is 2.39. The van der Waals surface area contributed by atoms with E-state index in [1.807, 2.05) is 36.0 Å². The van der Waals surface area contributed by atoms with Crippen LogP contribution in [-0.4, -0.2) is 21.0 Å². The predicted molar refractivity (Wildman–Crippen MR) is 77.0 cm³/mol. The smallest absolute Gasteiger partial charge is 0.0612 e. The number of rotatable bonds is 6. The molecule has 0 saturated carbocycles. The number of benzene rings is 1. The van der Waals surface area contributed by atoms with Crippen LogP contribution in [0.5, 0.6) is 0 Å². The molecule has 2 rings (SSSR count). The summed E-state index contributed by atoms with van der Waals surface area (Å²) in [6, 6.07) is 12.3. The minimum absolute atomic E-state index is 0.217. The monoisotopic (exact) mass is 258 g/mol. The van der Waals surface area contributed by atoms with Gasteiger partial charge in [0.2, 0.25) is 0 Å². The molecule has 2 unspecified atom stereocenters. The molecule has 0 bridgehead atoms. The van der Waals surface area contributed by atoms with Crippen molar-refractivity contribution < 1.29 is 5.11 Å². The SMILES string of the molecule is CCC(c1ccccc1)C(O)CCc1ccnn1C. The molecule has 1 aromatic carbocycles. The Hall–Kier alpha value is -1.61. The molecular weight excluding hydrogens is 236 g/mol. The molecule has 0 fully saturated rings. The Morgan fingerprint density at radius 3 is 2.53 bits per heavy atom. The van der Waals surface area contributed by atoms with Gasteiger partial charge in [0.05, 0.1) is 6.10 Å². The molecule has 0 spiro atoms. The summed E-state index contributed by atoms with van der Waals surface area (Å²) in [6.45, 7) is 2.13. The lowest BCUT2D eigenvalue weighted by molar-refractivity contribution is 0.131. The first-order chi connectivity index (χ1) is 9.22. The quantitative estimate of drug-likeness (QED) is 0.865. The van der Waals surface area contributed by atoms with Crippen LogP contribution < -0.4 is 0 Å². The third-order valence-electron chi connectivity index (χ3n) is 3.75. The van der Waals surface area contributed by atoms with Crippen LogP contribution in [0.4, 0.5) is 0 Å². The molecule has 1 N–H and O–H groups in total. The molecule has 19 heavy (non-hydrogen) atoms. The highest BCUT2D eigenvalue weighted by Gasteiger charge is 2.19. The maximum Gasteiger partial charge on any atom is 0.0612 e. The summed E-state index contributed by atoms with van der Waals surface area (Å²) in [7, 11) is 1.94. The van der Waals surface area contributed by atoms with Gasteiger partial charge < -0.3 is 5.11 Å². The lowest BCUT2D eigenvalue weighted by Crippen LogP contribution is -2.19. The van der Waals surface area contributed by atoms with Crippen molar-refractivity contribution in [1.82, 2.24) is 9.78 Å². The van der Waals surface area contributed by atoms with Crippen LogP contribution in [0.25, 0.3) is 0 Å². The summed E-state index contributed by atoms with van der Waals surface area (Å²) in [5, 5.41) is 14.6. The number of aryl methyl sites for hydroxylation is 2. The second-order valence-corrected chi connectivity index (χ2v) is 4.98. The fourth-order valence-corrected chi connectivity index (χ4v) is 2.57. The van der Waals surface area contributed by atoms with Crippen LogP contribution in [0.2, 0.25) is 0 Å². The van der Waals surface area contributed by atoms with E-state index in [1.165, 1.54) is 11.3 Å². The van der Waals surface area contributed by atoms with Gasteiger partial charge in [-0.25, -0.2) is 0 Å². The molecule has 0 radical (unpaired) electrons. The Morgan fingerprint density at radius 2 is 1.95 bits per heavy atom. The molecule has 1 aromatic heterocycles. The van der Waals surface area contributed by atoms with Crippen molar-refractivity contribution in [1.29, 1.82) is 0 Å². The standard InChI is InChI=1S/C16H22N2O/c1-3-15(13-7-5-4-6-8-13)16(19)10-9-14-11-12-17-18(14)2/h4-8,11-12,15-16,19H,3,9-10H2,1-2H3. The van der Waals surface area contributed by atoms with Crippen LogP contribution >= 0.6 is 0 Å². The van der Waals surface area contributed by atoms with Gasteiger partial charge in [0.25, 0.3) is 0 Å². The number of aliphatic hydroxyl groups is 1. The van der Waals surface area contributed by atoms with E-state index in [0.29, 0.717) is 0 Å². The molecule has 0 aliphatic rings. The van der Waals surface area contributed by atoms with Gasteiger partial charge in [-0.15, -0.1) is 0 Å². The van der Waals surface area contributed by atoms with Crippen LogP contribution in [0, 0.1) is 0 Å². The molecule has 0 aliphatic heterocycles. The Kier molecular flexibility index (Phi) is 4.74. The zero-order chi connectivity index (χ0) is 13.7. The minimum Gasteiger partial charge on any atom is -0.392 e. The first kappa shape index (κ1) is 13.8. The number of hydrogen-bond donors (Lipinski definition) is 1. The van der Waals surface area contributed by atoms with Crippen molar-refractivity contribution >= 4 is 0 Å². The van der Waals surface area contributed by atoms with E-state index in [9.17, 15) is 5.11 Å². The zero-order valence-corrected chi connectivity index (χ0v) is 11.7. The van der Waals surface area contributed by atoms with Crippen LogP contribution in [0.15, 0.2) is 42.6 Å². The van der Waals surface area contributed by atoms with Gasteiger partial charge in [-0.3, -0.25) is 4.68 Å². The van der Waals surface area contributed by atoms with E-state index in [1.54, 1.807) is 6.20 Å². The average molecular weight is 258 g/mol. The van der Waals surface area contributed by atoms with Crippen molar-refractivity contribution in [3.05, 3.63) is 53.9 Å². The highest BCUT2D eigenvalue weighted by atomic mass is 16.3. The maximum absolute atomic E-state index is 10.4. The van der Waals surface area contributed by atoms with Gasteiger partial charge in [0.15, 0.2) is 0 Å². The molecule has 3 nitrogen and oxygen atoms in total. The van der Waals surface area contributed by atoms with Gasteiger partial charge in [-0.05, 0) is 30.9 Å². The molecule has 3 heteroatoms. The normalized spacial score (nSPS) is 14.3. The van der Waals surface area contributed by atoms with Crippen molar-refractivity contribution in [3.8, 4) is 0 Å². The van der Waals surface area contributed by atoms with E-state index in [2.05, 4.69) is 24.2 Å². The highest BCUT2D eigenvalue weighted by Crippen LogP contribution is 2.25. The lowest BCUT2D eigenvalue weighted by atomic mass is 9.88. The summed E-state index contributed by atoms with van der Waals surface area (Å²) in [4.78, 5) is 0. The first-order valence-corrected chi connectivity index (χ1v) is 6.92. The summed E-state index contributed by atoms with van der Waals surface area (Å²) in [6.07, 6.45) is 4.09. The van der Waals surface area contributed by atoms with Crippen molar-refractivity contribution in [3.63, 3.8) is 0 Å². The molecule has 2 aromatic rings. The van der Waals surface area contributed by atoms with E-state index in [0.717, 1.165) is 19.3 Å². The van der Waals surface area contributed by atoms with Crippen LogP contribution in [-0.2, 0) is 13.5 Å². The second-order valence-electron chi connectivity index (χ2n) is 4.98. The Morgan fingerprint density at radius 1 is 1.21 bits per heavy atom. The molecule has 0 saturated heterocycles. The fraction of sp³-hybridized carbons (Fsp3) is 0.438. The molecule has 0 amide bonds. The van der Waals surface area contributed by atoms with Gasteiger partial charge in [0, 0.05) is 24.9 Å². The van der Waals surface area contributed by atoms with Crippen molar-refractivity contribution in [2.45, 2.75) is 38.2 Å². The van der Waals surface area contributed by atoms with Crippen LogP contribution in [0.1, 0.15) is 36.9 Å². The largest absolute Gasteiger partial charge is 0.392 e. The predicted octanol–water partition coefficient (Wildman–Crippen LogP) is 2.91. The molecular formula is C16H22N2O. The highest BCUT2D eigenvalue weighted by molar-refractivity contribution is 5.20. The lowest BCUT2D eigenvalue weighted by Gasteiger charge is -2.22. The molecule has 1 heterocycles. The maximum atomic E-state index is 10.4. The fourth-order valence-electron chi connectivity index (χ4n) is 2.57. The third-order valence-corrected chi connectivity index (χ3v) is 3.75. The Balaban J connectivity index is 1.98. The van der Waals surface area contributed by atoms with Crippen molar-refractivity contribution in [2.24, 2.45) is 7.05 Å². The van der Waals surface area contributed by atoms with E-state index in [4.69, 9.17) is 0 Å². The van der Waals surface area contributed by atoms with Gasteiger partial charge in [0.1, 0.15) is 0 Å². The van der Waals surface area contributed by atoms with Gasteiger partial charge in [-0.1, -0.05) is 37.3 Å². The zero-order valence-electron chi connectivity index (χ0n) is 11.7. The second kappa shape index (κ2) is 6.53. The van der Waals surface area contributed by atoms with Gasteiger partial charge in [-0.2, -0.15) is 5.10 Å². The minimum atomic E-state index is -0.303. The molecule has 2 atom stereocenters. The number of aliphatic hydroxyl groups excluding tert-OH is 1. The number of hydrogen-bond acceptors (Lipinski definition) is 2. The third kappa shape index (κ3) is 3.44. The van der Waals surface area contributed by atoms with E-state index < -0.39 is 0 Å². The molecule has 102 valence electrons. The topological polar surface area (TPSA) is 38.1 Å². The van der Waals surface area contributed by atoms with Crippen molar-refractivity contribution in [2.75, 3.05) is 0 Å². The average Bonchev–Trinajstić information content (AvgIpc) is 2.84. The van der Waals surface area contributed by atoms with Gasteiger partial charge >= 0.3 is 0 Å². The number of nitrogens with zero attached hydrogens (tertiary/aromatic N) is 2. The summed E-state index contributed by atoms with van der Waals surface area (Å²) >= 11 is 0. The Labute approximate surface area is 114 Å². The number of aromatic nitrogens is 2. The summed E-state index contributed by atoms with van der Waals surface area (Å²) in [5.74, 6) is 0.217. The first-order valence-electron chi connectivity index (χ1n) is 6.92. The summed E-state index contributed by atoms with van der Waals surface area (Å²) < 4.78 is 1.87. The van der Waals surface area contributed by atoms with Crippen LogP contribution in [0.3, 0.4) is 0 Å². The molecule has 0 aliphatic carbocycles. The van der Waals surface area contributed by atoms with E-state index in [-0.39, 0.29) is 12.0 Å². The Bertz CT molecular complexity index is 492. The van der Waals surface area contributed by atoms with E-state index >= 15 is 0 Å².